The molecule has 1 aromatic rings. The highest BCUT2D eigenvalue weighted by atomic mass is 127. The molecule has 3 atom stereocenters. The molecule has 4 rings (SSSR count). The highest BCUT2D eigenvalue weighted by Gasteiger charge is 2.38. The number of piperazine rings is 1. The van der Waals surface area contributed by atoms with Gasteiger partial charge in [0.05, 0.1) is 6.26 Å². The van der Waals surface area contributed by atoms with Crippen LogP contribution in [0.5, 0.6) is 0 Å². The molecule has 3 fully saturated rings. The zero-order valence-corrected chi connectivity index (χ0v) is 19.1. The Kier molecular flexibility index (Phi) is 7.65. The molecule has 1 N–H and O–H groups in total. The average Bonchev–Trinajstić information content (AvgIpc) is 3.45. The van der Waals surface area contributed by atoms with E-state index in [0.29, 0.717) is 18.8 Å². The van der Waals surface area contributed by atoms with E-state index in [0.717, 1.165) is 49.9 Å². The quantitative estimate of drug-likeness (QED) is 0.383. The third-order valence-corrected chi connectivity index (χ3v) is 6.58. The largest absolute Gasteiger partial charge is 0.459 e. The highest BCUT2D eigenvalue weighted by Crippen LogP contribution is 2.49. The van der Waals surface area contributed by atoms with Crippen molar-refractivity contribution in [2.75, 3.05) is 39.3 Å². The summed E-state index contributed by atoms with van der Waals surface area (Å²) in [6, 6.07) is 3.49. The van der Waals surface area contributed by atoms with Gasteiger partial charge in [-0.15, -0.1) is 24.0 Å². The third-order valence-electron chi connectivity index (χ3n) is 6.58. The van der Waals surface area contributed by atoms with Gasteiger partial charge in [0.25, 0.3) is 5.91 Å². The molecular weight excluding hydrogens is 467 g/mol. The number of carbonyl (C=O) groups is 1. The standard InChI is InChI=1S/C21H32N4O2.HI/c1-2-22-21(23-8-7-18-15-16-5-6-17(18)14-16)25-11-9-24(10-12-25)20(26)19-4-3-13-27-19;/h3-4,13,16-18H,2,5-12,14-15H2,1H3,(H,22,23);1H. The van der Waals surface area contributed by atoms with Crippen LogP contribution in [-0.2, 0) is 0 Å². The van der Waals surface area contributed by atoms with Crippen molar-refractivity contribution < 1.29 is 9.21 Å². The predicted octanol–water partition coefficient (Wildman–Crippen LogP) is 3.45. The number of carbonyl (C=O) groups excluding carboxylic acids is 1. The van der Waals surface area contributed by atoms with Crippen LogP contribution < -0.4 is 5.32 Å². The van der Waals surface area contributed by atoms with Gasteiger partial charge in [-0.1, -0.05) is 6.42 Å². The summed E-state index contributed by atoms with van der Waals surface area (Å²) in [5, 5.41) is 3.44. The van der Waals surface area contributed by atoms with Gasteiger partial charge in [-0.25, -0.2) is 0 Å². The van der Waals surface area contributed by atoms with Gasteiger partial charge >= 0.3 is 0 Å². The summed E-state index contributed by atoms with van der Waals surface area (Å²) < 4.78 is 5.24. The van der Waals surface area contributed by atoms with Crippen LogP contribution in [0.1, 0.15) is 49.6 Å². The molecule has 1 amide bonds. The fourth-order valence-corrected chi connectivity index (χ4v) is 5.17. The molecule has 2 bridgehead atoms. The van der Waals surface area contributed by atoms with E-state index in [-0.39, 0.29) is 29.9 Å². The second-order valence-electron chi connectivity index (χ2n) is 8.22. The van der Waals surface area contributed by atoms with Crippen molar-refractivity contribution >= 4 is 35.8 Å². The lowest BCUT2D eigenvalue weighted by molar-refractivity contribution is 0.0657. The Hall–Kier alpha value is -1.25. The highest BCUT2D eigenvalue weighted by molar-refractivity contribution is 14.0. The maximum atomic E-state index is 12.4. The molecule has 7 heteroatoms. The SMILES string of the molecule is CCNC(=NCCC1CC2CCC1C2)N1CCN(C(=O)c2ccco2)CC1.I. The smallest absolute Gasteiger partial charge is 0.289 e. The van der Waals surface area contributed by atoms with E-state index in [1.807, 2.05) is 4.90 Å². The molecule has 0 spiro atoms. The zero-order chi connectivity index (χ0) is 18.6. The Bertz CT molecular complexity index is 655. The summed E-state index contributed by atoms with van der Waals surface area (Å²) in [5.74, 6) is 4.30. The summed E-state index contributed by atoms with van der Waals surface area (Å²) in [4.78, 5) is 21.5. The minimum Gasteiger partial charge on any atom is -0.459 e. The number of nitrogens with one attached hydrogen (secondary N) is 1. The van der Waals surface area contributed by atoms with Crippen molar-refractivity contribution in [3.63, 3.8) is 0 Å². The number of amides is 1. The average molecular weight is 500 g/mol. The first-order valence-electron chi connectivity index (χ1n) is 10.6. The van der Waals surface area contributed by atoms with Crippen LogP contribution in [0.15, 0.2) is 27.8 Å². The van der Waals surface area contributed by atoms with Crippen LogP contribution in [0.4, 0.5) is 0 Å². The number of furan rings is 1. The first kappa shape index (κ1) is 21.5. The van der Waals surface area contributed by atoms with Gasteiger partial charge < -0.3 is 19.5 Å². The Morgan fingerprint density at radius 2 is 2.00 bits per heavy atom. The fourth-order valence-electron chi connectivity index (χ4n) is 5.17. The lowest BCUT2D eigenvalue weighted by Gasteiger charge is -2.36. The van der Waals surface area contributed by atoms with Crippen molar-refractivity contribution in [1.82, 2.24) is 15.1 Å². The lowest BCUT2D eigenvalue weighted by atomic mass is 9.86. The van der Waals surface area contributed by atoms with Crippen LogP contribution in [0.2, 0.25) is 0 Å². The Morgan fingerprint density at radius 3 is 2.61 bits per heavy atom. The van der Waals surface area contributed by atoms with Gasteiger partial charge in [-0.2, -0.15) is 0 Å². The van der Waals surface area contributed by atoms with E-state index >= 15 is 0 Å². The van der Waals surface area contributed by atoms with Crippen molar-refractivity contribution in [1.29, 1.82) is 0 Å². The fraction of sp³-hybridized carbons (Fsp3) is 0.714. The molecule has 1 saturated heterocycles. The predicted molar refractivity (Wildman–Crippen MR) is 121 cm³/mol. The number of aliphatic imine (C=N–C) groups is 1. The molecule has 3 unspecified atom stereocenters. The number of fused-ring (bicyclic) bond motifs is 2. The Balaban J connectivity index is 0.00000225. The molecule has 2 saturated carbocycles. The molecule has 0 aromatic carbocycles. The lowest BCUT2D eigenvalue weighted by Crippen LogP contribution is -2.53. The first-order chi connectivity index (χ1) is 13.2. The number of nitrogens with zero attached hydrogens (tertiary/aromatic N) is 3. The van der Waals surface area contributed by atoms with Crippen molar-refractivity contribution in [3.8, 4) is 0 Å². The van der Waals surface area contributed by atoms with Gasteiger partial charge in [0, 0.05) is 39.3 Å². The van der Waals surface area contributed by atoms with E-state index in [9.17, 15) is 4.79 Å². The van der Waals surface area contributed by atoms with Gasteiger partial charge in [-0.05, 0) is 62.5 Å². The molecule has 28 heavy (non-hydrogen) atoms. The molecule has 1 aromatic heterocycles. The topological polar surface area (TPSA) is 61.1 Å². The minimum absolute atomic E-state index is 0. The van der Waals surface area contributed by atoms with Crippen LogP contribution in [-0.4, -0.2) is 60.9 Å². The summed E-state index contributed by atoms with van der Waals surface area (Å²) >= 11 is 0. The summed E-state index contributed by atoms with van der Waals surface area (Å²) in [5.41, 5.74) is 0. The molecule has 2 heterocycles. The van der Waals surface area contributed by atoms with E-state index in [2.05, 4.69) is 17.1 Å². The molecule has 3 aliphatic rings. The monoisotopic (exact) mass is 500 g/mol. The molecule has 6 nitrogen and oxygen atoms in total. The van der Waals surface area contributed by atoms with Crippen LogP contribution in [0.3, 0.4) is 0 Å². The zero-order valence-electron chi connectivity index (χ0n) is 16.8. The summed E-state index contributed by atoms with van der Waals surface area (Å²) in [6.45, 7) is 6.94. The summed E-state index contributed by atoms with van der Waals surface area (Å²) in [6.07, 6.45) is 8.60. The molecule has 0 radical (unpaired) electrons. The maximum Gasteiger partial charge on any atom is 0.289 e. The van der Waals surface area contributed by atoms with Crippen molar-refractivity contribution in [2.24, 2.45) is 22.7 Å². The van der Waals surface area contributed by atoms with Gasteiger partial charge in [0.15, 0.2) is 11.7 Å². The maximum absolute atomic E-state index is 12.4. The van der Waals surface area contributed by atoms with E-state index in [1.165, 1.54) is 32.1 Å². The van der Waals surface area contributed by atoms with Crippen molar-refractivity contribution in [3.05, 3.63) is 24.2 Å². The Morgan fingerprint density at radius 1 is 1.21 bits per heavy atom. The van der Waals surface area contributed by atoms with E-state index in [4.69, 9.17) is 9.41 Å². The van der Waals surface area contributed by atoms with E-state index < -0.39 is 0 Å². The number of guanidine groups is 1. The normalized spacial score (nSPS) is 27.0. The third kappa shape index (κ3) is 4.83. The number of rotatable bonds is 5. The first-order valence-corrected chi connectivity index (χ1v) is 10.6. The van der Waals surface area contributed by atoms with Crippen LogP contribution in [0.25, 0.3) is 0 Å². The number of hydrogen-bond acceptors (Lipinski definition) is 3. The second-order valence-corrected chi connectivity index (χ2v) is 8.22. The van der Waals surface area contributed by atoms with Gasteiger partial charge in [0.2, 0.25) is 0 Å². The Labute approximate surface area is 185 Å². The van der Waals surface area contributed by atoms with Crippen molar-refractivity contribution in [2.45, 2.75) is 39.0 Å². The van der Waals surface area contributed by atoms with Gasteiger partial charge in [-0.3, -0.25) is 9.79 Å². The van der Waals surface area contributed by atoms with E-state index in [1.54, 1.807) is 18.4 Å². The number of halogens is 1. The second kappa shape index (κ2) is 9.98. The summed E-state index contributed by atoms with van der Waals surface area (Å²) in [7, 11) is 0. The molecule has 2 aliphatic carbocycles. The van der Waals surface area contributed by atoms with Crippen LogP contribution >= 0.6 is 24.0 Å². The van der Waals surface area contributed by atoms with Gasteiger partial charge in [0.1, 0.15) is 0 Å². The molecule has 1 aliphatic heterocycles. The molecule has 156 valence electrons. The van der Waals surface area contributed by atoms with Crippen LogP contribution in [0, 0.1) is 17.8 Å². The molecular formula is C21H33IN4O2. The minimum atomic E-state index is -0.0159. The number of hydrogen-bond donors (Lipinski definition) is 1.